The summed E-state index contributed by atoms with van der Waals surface area (Å²) < 4.78 is 0. The quantitative estimate of drug-likeness (QED) is 0.621. The molecule has 0 spiro atoms. The summed E-state index contributed by atoms with van der Waals surface area (Å²) in [7, 11) is 0. The van der Waals surface area contributed by atoms with E-state index in [-0.39, 0.29) is 23.4 Å². The molecule has 0 saturated heterocycles. The van der Waals surface area contributed by atoms with Crippen LogP contribution in [0.3, 0.4) is 0 Å². The molecule has 2 nitrogen and oxygen atoms in total. The lowest BCUT2D eigenvalue weighted by Gasteiger charge is -2.38. The van der Waals surface area contributed by atoms with Gasteiger partial charge in [0.15, 0.2) is 11.6 Å². The predicted octanol–water partition coefficient (Wildman–Crippen LogP) is 2.09. The number of fused-ring (bicyclic) bond motifs is 2. The van der Waals surface area contributed by atoms with Crippen molar-refractivity contribution in [1.29, 1.82) is 0 Å². The Morgan fingerprint density at radius 1 is 0.857 bits per heavy atom. The Morgan fingerprint density at radius 2 is 1.29 bits per heavy atom. The summed E-state index contributed by atoms with van der Waals surface area (Å²) in [5, 5.41) is 0. The predicted molar refractivity (Wildman–Crippen MR) is 51.3 cm³/mol. The van der Waals surface area contributed by atoms with E-state index in [1.54, 1.807) is 12.1 Å². The Hall–Kier alpha value is -1.44. The van der Waals surface area contributed by atoms with Crippen LogP contribution < -0.4 is 0 Å². The first-order valence-electron chi connectivity index (χ1n) is 4.96. The number of hydrogen-bond donors (Lipinski definition) is 0. The molecule has 0 amide bonds. The maximum absolute atomic E-state index is 11.9. The number of carbonyl (C=O) groups is 2. The summed E-state index contributed by atoms with van der Waals surface area (Å²) >= 11 is 0. The van der Waals surface area contributed by atoms with Crippen LogP contribution >= 0.6 is 0 Å². The van der Waals surface area contributed by atoms with E-state index in [0.717, 1.165) is 12.8 Å². The monoisotopic (exact) mass is 186 g/mol. The van der Waals surface area contributed by atoms with Gasteiger partial charge in [0.05, 0.1) is 0 Å². The average Bonchev–Trinajstić information content (AvgIpc) is 2.14. The van der Waals surface area contributed by atoms with Crippen LogP contribution in [0.1, 0.15) is 33.6 Å². The van der Waals surface area contributed by atoms with Crippen molar-refractivity contribution in [2.45, 2.75) is 12.8 Å². The van der Waals surface area contributed by atoms with Crippen molar-refractivity contribution in [2.24, 2.45) is 11.8 Å². The molecule has 70 valence electrons. The molecule has 14 heavy (non-hydrogen) atoms. The second-order valence-corrected chi connectivity index (χ2v) is 4.06. The molecule has 0 heterocycles. The van der Waals surface area contributed by atoms with Gasteiger partial charge in [-0.1, -0.05) is 24.3 Å². The van der Waals surface area contributed by atoms with Gasteiger partial charge in [-0.3, -0.25) is 9.59 Å². The van der Waals surface area contributed by atoms with Crippen LogP contribution in [0.5, 0.6) is 0 Å². The van der Waals surface area contributed by atoms with Crippen molar-refractivity contribution in [3.63, 3.8) is 0 Å². The molecule has 2 heteroatoms. The van der Waals surface area contributed by atoms with Gasteiger partial charge in [-0.05, 0) is 12.8 Å². The zero-order valence-electron chi connectivity index (χ0n) is 7.69. The number of carbonyl (C=O) groups excluding carboxylic acids is 2. The van der Waals surface area contributed by atoms with Crippen LogP contribution in [0, 0.1) is 11.8 Å². The van der Waals surface area contributed by atoms with Gasteiger partial charge in [0.1, 0.15) is 0 Å². The summed E-state index contributed by atoms with van der Waals surface area (Å²) in [5.41, 5.74) is 1.27. The minimum Gasteiger partial charge on any atom is -0.294 e. The van der Waals surface area contributed by atoms with E-state index in [4.69, 9.17) is 0 Å². The maximum Gasteiger partial charge on any atom is 0.167 e. The van der Waals surface area contributed by atoms with E-state index in [0.29, 0.717) is 11.1 Å². The van der Waals surface area contributed by atoms with Gasteiger partial charge in [0.2, 0.25) is 0 Å². The lowest BCUT2D eigenvalue weighted by molar-refractivity contribution is 0.0583. The number of ketones is 2. The second kappa shape index (κ2) is 2.53. The van der Waals surface area contributed by atoms with E-state index in [9.17, 15) is 9.59 Å². The van der Waals surface area contributed by atoms with Crippen molar-refractivity contribution in [1.82, 2.24) is 0 Å². The first kappa shape index (κ1) is 7.92. The molecule has 2 atom stereocenters. The third-order valence-electron chi connectivity index (χ3n) is 3.41. The molecule has 1 fully saturated rings. The molecule has 0 bridgehead atoms. The van der Waals surface area contributed by atoms with Crippen LogP contribution in [0.4, 0.5) is 0 Å². The Labute approximate surface area is 81.9 Å². The molecule has 0 N–H and O–H groups in total. The van der Waals surface area contributed by atoms with Crippen LogP contribution in [-0.4, -0.2) is 11.6 Å². The topological polar surface area (TPSA) is 34.1 Å². The molecular formula is C12H10O2. The smallest absolute Gasteiger partial charge is 0.167 e. The van der Waals surface area contributed by atoms with Gasteiger partial charge < -0.3 is 0 Å². The van der Waals surface area contributed by atoms with Crippen LogP contribution in [0.2, 0.25) is 0 Å². The summed E-state index contributed by atoms with van der Waals surface area (Å²) in [6.45, 7) is 0. The number of rotatable bonds is 0. The number of benzene rings is 1. The maximum atomic E-state index is 11.9. The Balaban J connectivity index is 2.21. The first-order valence-corrected chi connectivity index (χ1v) is 4.96. The highest BCUT2D eigenvalue weighted by Gasteiger charge is 2.46. The highest BCUT2D eigenvalue weighted by molar-refractivity contribution is 6.16. The largest absolute Gasteiger partial charge is 0.294 e. The average molecular weight is 186 g/mol. The zero-order valence-corrected chi connectivity index (χ0v) is 7.69. The van der Waals surface area contributed by atoms with Gasteiger partial charge in [-0.15, -0.1) is 0 Å². The van der Waals surface area contributed by atoms with E-state index >= 15 is 0 Å². The van der Waals surface area contributed by atoms with Gasteiger partial charge in [0.25, 0.3) is 0 Å². The summed E-state index contributed by atoms with van der Waals surface area (Å²) in [6, 6.07) is 7.18. The van der Waals surface area contributed by atoms with E-state index < -0.39 is 0 Å². The van der Waals surface area contributed by atoms with Crippen molar-refractivity contribution in [3.8, 4) is 0 Å². The highest BCUT2D eigenvalue weighted by atomic mass is 16.1. The minimum atomic E-state index is -0.00241. The molecule has 0 unspecified atom stereocenters. The number of Topliss-reactive ketones (excluding diaryl/α,β-unsaturated/α-hetero) is 2. The standard InChI is InChI=1S/C12H10O2/c13-11-7-3-1-2-4-8(7)12(14)10-6-5-9(10)11/h1-4,9-10H,5-6H2/t9-,10+. The van der Waals surface area contributed by atoms with E-state index in [1.165, 1.54) is 0 Å². The molecule has 1 aromatic rings. The second-order valence-electron chi connectivity index (χ2n) is 4.06. The van der Waals surface area contributed by atoms with E-state index in [2.05, 4.69) is 0 Å². The fourth-order valence-electron chi connectivity index (χ4n) is 2.44. The third kappa shape index (κ3) is 0.808. The molecule has 2 aliphatic rings. The minimum absolute atomic E-state index is 0.00241. The Morgan fingerprint density at radius 3 is 1.64 bits per heavy atom. The van der Waals surface area contributed by atoms with E-state index in [1.807, 2.05) is 12.1 Å². The Kier molecular flexibility index (Phi) is 1.43. The lowest BCUT2D eigenvalue weighted by Crippen LogP contribution is -2.43. The Bertz CT molecular complexity index is 393. The van der Waals surface area contributed by atoms with Crippen molar-refractivity contribution < 1.29 is 9.59 Å². The summed E-state index contributed by atoms with van der Waals surface area (Å²) in [4.78, 5) is 23.7. The van der Waals surface area contributed by atoms with Crippen molar-refractivity contribution in [2.75, 3.05) is 0 Å². The van der Waals surface area contributed by atoms with Crippen molar-refractivity contribution >= 4 is 11.6 Å². The first-order chi connectivity index (χ1) is 6.79. The van der Waals surface area contributed by atoms with Gasteiger partial charge in [-0.25, -0.2) is 0 Å². The van der Waals surface area contributed by atoms with Crippen LogP contribution in [0.15, 0.2) is 24.3 Å². The molecule has 3 rings (SSSR count). The normalized spacial score (nSPS) is 29.1. The van der Waals surface area contributed by atoms with Gasteiger partial charge in [-0.2, -0.15) is 0 Å². The fourth-order valence-corrected chi connectivity index (χ4v) is 2.44. The molecule has 0 aliphatic heterocycles. The van der Waals surface area contributed by atoms with Gasteiger partial charge >= 0.3 is 0 Å². The lowest BCUT2D eigenvalue weighted by atomic mass is 9.62. The number of hydrogen-bond acceptors (Lipinski definition) is 2. The fraction of sp³-hybridized carbons (Fsp3) is 0.333. The SMILES string of the molecule is O=C1c2ccccc2C(=O)[C@@H]2CC[C@H]12. The molecular weight excluding hydrogens is 176 g/mol. The van der Waals surface area contributed by atoms with Crippen LogP contribution in [-0.2, 0) is 0 Å². The molecule has 0 radical (unpaired) electrons. The molecule has 0 aromatic heterocycles. The molecule has 1 aromatic carbocycles. The highest BCUT2D eigenvalue weighted by Crippen LogP contribution is 2.43. The molecule has 2 aliphatic carbocycles. The summed E-state index contributed by atoms with van der Waals surface area (Å²) in [5.74, 6) is 0.350. The zero-order chi connectivity index (χ0) is 9.71. The van der Waals surface area contributed by atoms with Crippen molar-refractivity contribution in [3.05, 3.63) is 35.4 Å². The third-order valence-corrected chi connectivity index (χ3v) is 3.41. The van der Waals surface area contributed by atoms with Gasteiger partial charge in [0, 0.05) is 23.0 Å². The van der Waals surface area contributed by atoms with Crippen LogP contribution in [0.25, 0.3) is 0 Å². The molecule has 1 saturated carbocycles. The summed E-state index contributed by atoms with van der Waals surface area (Å²) in [6.07, 6.45) is 1.78.